The molecule has 0 saturated carbocycles. The minimum absolute atomic E-state index is 0.00798. The van der Waals surface area contributed by atoms with E-state index >= 15 is 0 Å². The fraction of sp³-hybridized carbons (Fsp3) is 0.346. The van der Waals surface area contributed by atoms with E-state index in [1.54, 1.807) is 23.9 Å². The summed E-state index contributed by atoms with van der Waals surface area (Å²) in [6.45, 7) is 6.28. The number of halogens is 3. The highest BCUT2D eigenvalue weighted by Gasteiger charge is 2.33. The van der Waals surface area contributed by atoms with E-state index < -0.39 is 11.7 Å². The summed E-state index contributed by atoms with van der Waals surface area (Å²) in [5.41, 5.74) is 1.62. The summed E-state index contributed by atoms with van der Waals surface area (Å²) in [4.78, 5) is 19.5. The molecular formula is C26H26F3N5OS. The van der Waals surface area contributed by atoms with Crippen molar-refractivity contribution in [3.8, 4) is 0 Å². The van der Waals surface area contributed by atoms with E-state index in [1.165, 1.54) is 23.9 Å². The van der Waals surface area contributed by atoms with Crippen LogP contribution >= 0.6 is 11.8 Å². The third kappa shape index (κ3) is 5.05. The lowest BCUT2D eigenvalue weighted by atomic mass is 10.0. The first-order valence-electron chi connectivity index (χ1n) is 11.8. The second-order valence-corrected chi connectivity index (χ2v) is 10.1. The molecule has 0 unspecified atom stereocenters. The van der Waals surface area contributed by atoms with Gasteiger partial charge in [0.05, 0.1) is 28.7 Å². The maximum absolute atomic E-state index is 13.6. The zero-order valence-electron chi connectivity index (χ0n) is 20.0. The van der Waals surface area contributed by atoms with Gasteiger partial charge in [-0.25, -0.2) is 0 Å². The molecule has 36 heavy (non-hydrogen) atoms. The molecule has 1 amide bonds. The lowest BCUT2D eigenvalue weighted by Crippen LogP contribution is -2.51. The second-order valence-electron chi connectivity index (χ2n) is 9.09. The molecular weight excluding hydrogens is 487 g/mol. The summed E-state index contributed by atoms with van der Waals surface area (Å²) in [7, 11) is 0. The first kappa shape index (κ1) is 24.6. The number of aliphatic imine (C=N–C) groups is 1. The van der Waals surface area contributed by atoms with Gasteiger partial charge in [0.15, 0.2) is 5.17 Å². The van der Waals surface area contributed by atoms with Gasteiger partial charge in [-0.05, 0) is 60.5 Å². The van der Waals surface area contributed by atoms with Crippen molar-refractivity contribution in [2.24, 2.45) is 4.99 Å². The zero-order valence-corrected chi connectivity index (χ0v) is 20.8. The molecule has 1 N–H and O–H groups in total. The molecule has 6 nitrogen and oxygen atoms in total. The van der Waals surface area contributed by atoms with E-state index in [-0.39, 0.29) is 18.0 Å². The number of amides is 1. The SMILES string of the molecule is CC[C@@H]1CN(C2=NC(=O)/C(=C/c3ccc4c(cnn4Cc4ccc(C)cc4C(F)(F)F)c3)S2)CCN1. The molecule has 0 aliphatic carbocycles. The molecule has 2 aliphatic rings. The number of nitrogens with one attached hydrogen (secondary N) is 1. The lowest BCUT2D eigenvalue weighted by Gasteiger charge is -2.33. The van der Waals surface area contributed by atoms with Gasteiger partial charge in [0.2, 0.25) is 0 Å². The number of aryl methyl sites for hydroxylation is 1. The molecule has 0 bridgehead atoms. The second kappa shape index (κ2) is 9.74. The van der Waals surface area contributed by atoms with Crippen molar-refractivity contribution in [3.63, 3.8) is 0 Å². The van der Waals surface area contributed by atoms with E-state index in [0.29, 0.717) is 16.5 Å². The number of amidine groups is 1. The number of piperazine rings is 1. The standard InChI is InChI=1S/C26H26F3N5OS/c1-3-20-15-33(9-8-30-20)25-32-24(35)23(36-25)12-17-5-7-22-19(11-17)13-31-34(22)14-18-6-4-16(2)10-21(18)26(27,28)29/h4-7,10-13,20,30H,3,8-9,14-15H2,1-2H3/b23-12-/t20-/m1/s1. The molecule has 0 spiro atoms. The van der Waals surface area contributed by atoms with Crippen LogP contribution in [-0.4, -0.2) is 51.4 Å². The van der Waals surface area contributed by atoms with Crippen LogP contribution in [-0.2, 0) is 17.5 Å². The number of carbonyl (C=O) groups excluding carboxylic acids is 1. The van der Waals surface area contributed by atoms with E-state index in [9.17, 15) is 18.0 Å². The fourth-order valence-electron chi connectivity index (χ4n) is 4.53. The Morgan fingerprint density at radius 2 is 2.06 bits per heavy atom. The Morgan fingerprint density at radius 3 is 2.83 bits per heavy atom. The molecule has 3 heterocycles. The molecule has 1 atom stereocenters. The molecule has 10 heteroatoms. The molecule has 188 valence electrons. The average molecular weight is 514 g/mol. The Labute approximate surface area is 211 Å². The summed E-state index contributed by atoms with van der Waals surface area (Å²) in [5.74, 6) is -0.253. The topological polar surface area (TPSA) is 62.5 Å². The van der Waals surface area contributed by atoms with E-state index in [2.05, 4.69) is 27.2 Å². The molecule has 3 aromatic rings. The highest BCUT2D eigenvalue weighted by Crippen LogP contribution is 2.34. The van der Waals surface area contributed by atoms with E-state index in [1.807, 2.05) is 24.3 Å². The highest BCUT2D eigenvalue weighted by molar-refractivity contribution is 8.18. The third-order valence-electron chi connectivity index (χ3n) is 6.48. The third-order valence-corrected chi connectivity index (χ3v) is 7.53. The number of fused-ring (bicyclic) bond motifs is 1. The van der Waals surface area contributed by atoms with Crippen molar-refractivity contribution in [3.05, 3.63) is 69.8 Å². The number of aromatic nitrogens is 2. The Bertz CT molecular complexity index is 1380. The normalized spacial score (nSPS) is 20.0. The molecule has 0 radical (unpaired) electrons. The number of nitrogens with zero attached hydrogens (tertiary/aromatic N) is 4. The first-order valence-corrected chi connectivity index (χ1v) is 12.7. The van der Waals surface area contributed by atoms with Gasteiger partial charge in [-0.3, -0.25) is 9.48 Å². The van der Waals surface area contributed by atoms with Gasteiger partial charge >= 0.3 is 6.18 Å². The van der Waals surface area contributed by atoms with Crippen molar-refractivity contribution < 1.29 is 18.0 Å². The minimum atomic E-state index is -4.43. The fourth-order valence-corrected chi connectivity index (χ4v) is 5.48. The maximum atomic E-state index is 13.6. The summed E-state index contributed by atoms with van der Waals surface area (Å²) >= 11 is 1.38. The lowest BCUT2D eigenvalue weighted by molar-refractivity contribution is -0.138. The summed E-state index contributed by atoms with van der Waals surface area (Å²) < 4.78 is 42.2. The van der Waals surface area contributed by atoms with Gasteiger partial charge in [-0.15, -0.1) is 0 Å². The number of hydrogen-bond donors (Lipinski definition) is 1. The summed E-state index contributed by atoms with van der Waals surface area (Å²) in [5, 5.41) is 9.32. The van der Waals surface area contributed by atoms with Crippen molar-refractivity contribution >= 4 is 39.8 Å². The van der Waals surface area contributed by atoms with Gasteiger partial charge in [0, 0.05) is 31.1 Å². The summed E-state index contributed by atoms with van der Waals surface area (Å²) in [6, 6.07) is 10.3. The van der Waals surface area contributed by atoms with Crippen LogP contribution < -0.4 is 5.32 Å². The van der Waals surface area contributed by atoms with Crippen LogP contribution in [0.2, 0.25) is 0 Å². The van der Waals surface area contributed by atoms with Crippen LogP contribution in [0.5, 0.6) is 0 Å². The van der Waals surface area contributed by atoms with Gasteiger partial charge < -0.3 is 10.2 Å². The quantitative estimate of drug-likeness (QED) is 0.494. The number of carbonyl (C=O) groups is 1. The molecule has 5 rings (SSSR count). The average Bonchev–Trinajstić information content (AvgIpc) is 3.42. The number of thioether (sulfide) groups is 1. The molecule has 2 aliphatic heterocycles. The predicted molar refractivity (Wildman–Crippen MR) is 137 cm³/mol. The van der Waals surface area contributed by atoms with E-state index in [4.69, 9.17) is 0 Å². The van der Waals surface area contributed by atoms with Crippen LogP contribution in [0.1, 0.15) is 35.6 Å². The maximum Gasteiger partial charge on any atom is 0.416 e. The largest absolute Gasteiger partial charge is 0.416 e. The number of hydrogen-bond acceptors (Lipinski definition) is 5. The summed E-state index contributed by atoms with van der Waals surface area (Å²) in [6.07, 6.45) is 0.0237. The van der Waals surface area contributed by atoms with Gasteiger partial charge in [-0.2, -0.15) is 23.3 Å². The smallest absolute Gasteiger partial charge is 0.348 e. The zero-order chi connectivity index (χ0) is 25.4. The number of benzene rings is 2. The molecule has 2 aromatic carbocycles. The van der Waals surface area contributed by atoms with Gasteiger partial charge in [0.25, 0.3) is 5.91 Å². The predicted octanol–water partition coefficient (Wildman–Crippen LogP) is 5.07. The Morgan fingerprint density at radius 1 is 1.22 bits per heavy atom. The van der Waals surface area contributed by atoms with Crippen molar-refractivity contribution in [2.75, 3.05) is 19.6 Å². The number of rotatable bonds is 4. The van der Waals surface area contributed by atoms with Crippen LogP contribution in [0.25, 0.3) is 17.0 Å². The van der Waals surface area contributed by atoms with Crippen LogP contribution in [0.4, 0.5) is 13.2 Å². The van der Waals surface area contributed by atoms with Gasteiger partial charge in [0.1, 0.15) is 0 Å². The van der Waals surface area contributed by atoms with Crippen molar-refractivity contribution in [2.45, 2.75) is 39.0 Å². The van der Waals surface area contributed by atoms with Crippen molar-refractivity contribution in [1.82, 2.24) is 20.0 Å². The number of alkyl halides is 3. The monoisotopic (exact) mass is 513 g/mol. The Kier molecular flexibility index (Phi) is 6.65. The molecule has 1 aromatic heterocycles. The molecule has 1 fully saturated rings. The molecule has 1 saturated heterocycles. The van der Waals surface area contributed by atoms with Crippen LogP contribution in [0, 0.1) is 6.92 Å². The van der Waals surface area contributed by atoms with E-state index in [0.717, 1.165) is 47.7 Å². The van der Waals surface area contributed by atoms with Gasteiger partial charge in [-0.1, -0.05) is 30.7 Å². The first-order chi connectivity index (χ1) is 17.2. The van der Waals surface area contributed by atoms with Crippen molar-refractivity contribution in [1.29, 1.82) is 0 Å². The van der Waals surface area contributed by atoms with Crippen LogP contribution in [0.15, 0.2) is 52.5 Å². The Balaban J connectivity index is 1.35. The highest BCUT2D eigenvalue weighted by atomic mass is 32.2. The Hall–Kier alpha value is -3.11. The van der Waals surface area contributed by atoms with Crippen LogP contribution in [0.3, 0.4) is 0 Å². The minimum Gasteiger partial charge on any atom is -0.348 e.